The summed E-state index contributed by atoms with van der Waals surface area (Å²) >= 11 is 5.92. The second-order valence-corrected chi connectivity index (χ2v) is 7.63. The topological polar surface area (TPSA) is 68.2 Å². The lowest BCUT2D eigenvalue weighted by molar-refractivity contribution is -0.135. The second kappa shape index (κ2) is 9.93. The van der Waals surface area contributed by atoms with Crippen molar-refractivity contribution in [3.05, 3.63) is 34.9 Å². The maximum Gasteiger partial charge on any atom is 0.242 e. The lowest BCUT2D eigenvalue weighted by Gasteiger charge is -2.36. The fourth-order valence-corrected chi connectivity index (χ4v) is 3.20. The Hall–Kier alpha value is -1.06. The van der Waals surface area contributed by atoms with Gasteiger partial charge in [-0.1, -0.05) is 23.7 Å². The van der Waals surface area contributed by atoms with E-state index in [-0.39, 0.29) is 41.9 Å². The Morgan fingerprint density at radius 3 is 2.56 bits per heavy atom. The van der Waals surface area contributed by atoms with Crippen LogP contribution in [0.4, 0.5) is 0 Å². The van der Waals surface area contributed by atoms with Crippen molar-refractivity contribution in [3.63, 3.8) is 0 Å². The zero-order chi connectivity index (χ0) is 18.6. The molecule has 0 spiro atoms. The van der Waals surface area contributed by atoms with Crippen molar-refractivity contribution in [2.75, 3.05) is 39.3 Å². The fraction of sp³-hybridized carbons (Fsp3) is 0.579. The number of aliphatic imine (C=N–C) groups is 1. The standard InChI is InChI=1S/C19H27ClN4O2.HI/c1-2-21-18(22-13-19(14-25)7-8-19)24-10-9-23(17(26)12-24)11-15-3-5-16(20)6-4-15;/h3-6,25H,2,7-14H2,1H3,(H,21,22);1H. The van der Waals surface area contributed by atoms with Gasteiger partial charge in [0.1, 0.15) is 0 Å². The molecule has 1 amide bonds. The van der Waals surface area contributed by atoms with Crippen LogP contribution in [0.3, 0.4) is 0 Å². The van der Waals surface area contributed by atoms with Gasteiger partial charge in [-0.2, -0.15) is 0 Å². The monoisotopic (exact) mass is 506 g/mol. The average molecular weight is 507 g/mol. The number of guanidine groups is 1. The maximum absolute atomic E-state index is 12.6. The highest BCUT2D eigenvalue weighted by molar-refractivity contribution is 14.0. The molecule has 1 saturated carbocycles. The number of carbonyl (C=O) groups excluding carboxylic acids is 1. The highest BCUT2D eigenvalue weighted by atomic mass is 127. The number of piperazine rings is 1. The van der Waals surface area contributed by atoms with E-state index in [0.29, 0.717) is 31.2 Å². The predicted molar refractivity (Wildman–Crippen MR) is 119 cm³/mol. The largest absolute Gasteiger partial charge is 0.396 e. The van der Waals surface area contributed by atoms with Crippen LogP contribution in [0.2, 0.25) is 5.02 Å². The molecule has 1 saturated heterocycles. The number of hydrogen-bond donors (Lipinski definition) is 2. The van der Waals surface area contributed by atoms with Gasteiger partial charge in [-0.05, 0) is 37.5 Å². The average Bonchev–Trinajstić information content (AvgIpc) is 3.43. The molecular weight excluding hydrogens is 479 g/mol. The Morgan fingerprint density at radius 2 is 2.00 bits per heavy atom. The number of rotatable bonds is 6. The third-order valence-corrected chi connectivity index (χ3v) is 5.35. The van der Waals surface area contributed by atoms with Crippen LogP contribution in [0.5, 0.6) is 0 Å². The lowest BCUT2D eigenvalue weighted by atomic mass is 10.1. The maximum atomic E-state index is 12.6. The van der Waals surface area contributed by atoms with Crippen molar-refractivity contribution in [3.8, 4) is 0 Å². The Bertz CT molecular complexity index is 664. The first-order chi connectivity index (χ1) is 12.5. The summed E-state index contributed by atoms with van der Waals surface area (Å²) in [5, 5.41) is 13.4. The van der Waals surface area contributed by atoms with Crippen molar-refractivity contribution in [2.24, 2.45) is 10.4 Å². The molecule has 0 unspecified atom stereocenters. The molecule has 2 fully saturated rings. The number of aliphatic hydroxyl groups excluding tert-OH is 1. The van der Waals surface area contributed by atoms with E-state index >= 15 is 0 Å². The zero-order valence-electron chi connectivity index (χ0n) is 15.7. The molecule has 1 aliphatic heterocycles. The normalized spacial score (nSPS) is 18.9. The third kappa shape index (κ3) is 5.96. The number of hydrogen-bond acceptors (Lipinski definition) is 3. The first-order valence-electron chi connectivity index (χ1n) is 9.21. The van der Waals surface area contributed by atoms with E-state index in [9.17, 15) is 9.90 Å². The van der Waals surface area contributed by atoms with Gasteiger partial charge in [0, 0.05) is 36.6 Å². The van der Waals surface area contributed by atoms with Crippen LogP contribution >= 0.6 is 35.6 Å². The minimum absolute atomic E-state index is 0. The van der Waals surface area contributed by atoms with Gasteiger partial charge >= 0.3 is 0 Å². The molecule has 1 aromatic rings. The van der Waals surface area contributed by atoms with Crippen molar-refractivity contribution in [1.82, 2.24) is 15.1 Å². The summed E-state index contributed by atoms with van der Waals surface area (Å²) in [5.41, 5.74) is 1.05. The molecule has 0 radical (unpaired) electrons. The summed E-state index contributed by atoms with van der Waals surface area (Å²) in [6.07, 6.45) is 2.06. The van der Waals surface area contributed by atoms with Gasteiger partial charge in [-0.3, -0.25) is 9.79 Å². The zero-order valence-corrected chi connectivity index (χ0v) is 18.7. The molecule has 0 aromatic heterocycles. The summed E-state index contributed by atoms with van der Waals surface area (Å²) < 4.78 is 0. The molecular formula is C19H28ClIN4O2. The van der Waals surface area contributed by atoms with Crippen molar-refractivity contribution < 1.29 is 9.90 Å². The third-order valence-electron chi connectivity index (χ3n) is 5.10. The van der Waals surface area contributed by atoms with E-state index in [1.165, 1.54) is 0 Å². The van der Waals surface area contributed by atoms with Crippen molar-refractivity contribution in [2.45, 2.75) is 26.3 Å². The number of amides is 1. The highest BCUT2D eigenvalue weighted by Gasteiger charge is 2.42. The number of aliphatic hydroxyl groups is 1. The Kier molecular flexibility index (Phi) is 8.18. The van der Waals surface area contributed by atoms with E-state index in [1.807, 2.05) is 41.0 Å². The predicted octanol–water partition coefficient (Wildman–Crippen LogP) is 2.34. The Balaban J connectivity index is 0.00000261. The van der Waals surface area contributed by atoms with Crippen LogP contribution in [-0.4, -0.2) is 66.1 Å². The summed E-state index contributed by atoms with van der Waals surface area (Å²) in [7, 11) is 0. The van der Waals surface area contributed by atoms with Gasteiger partial charge in [0.25, 0.3) is 0 Å². The highest BCUT2D eigenvalue weighted by Crippen LogP contribution is 2.45. The SMILES string of the molecule is CCNC(=NCC1(CO)CC1)N1CCN(Cc2ccc(Cl)cc2)C(=O)C1.I. The van der Waals surface area contributed by atoms with Crippen LogP contribution in [0, 0.1) is 5.41 Å². The molecule has 1 aromatic carbocycles. The smallest absolute Gasteiger partial charge is 0.242 e. The first kappa shape index (κ1) is 22.2. The lowest BCUT2D eigenvalue weighted by Crippen LogP contribution is -2.55. The number of nitrogens with zero attached hydrogens (tertiary/aromatic N) is 3. The quantitative estimate of drug-likeness (QED) is 0.353. The number of halogens is 2. The van der Waals surface area contributed by atoms with Gasteiger partial charge in [0.15, 0.2) is 5.96 Å². The van der Waals surface area contributed by atoms with E-state index < -0.39 is 0 Å². The van der Waals surface area contributed by atoms with Crippen LogP contribution in [0.25, 0.3) is 0 Å². The minimum atomic E-state index is -0.0267. The van der Waals surface area contributed by atoms with Crippen molar-refractivity contribution in [1.29, 1.82) is 0 Å². The summed E-state index contributed by atoms with van der Waals surface area (Å²) in [5.74, 6) is 0.867. The van der Waals surface area contributed by atoms with Crippen LogP contribution < -0.4 is 5.32 Å². The number of benzene rings is 1. The fourth-order valence-electron chi connectivity index (χ4n) is 3.08. The van der Waals surface area contributed by atoms with Crippen LogP contribution in [-0.2, 0) is 11.3 Å². The summed E-state index contributed by atoms with van der Waals surface area (Å²) in [4.78, 5) is 21.2. The van der Waals surface area contributed by atoms with Gasteiger partial charge < -0.3 is 20.2 Å². The summed E-state index contributed by atoms with van der Waals surface area (Å²) in [6, 6.07) is 7.61. The molecule has 8 heteroatoms. The Morgan fingerprint density at radius 1 is 1.30 bits per heavy atom. The number of carbonyl (C=O) groups is 1. The van der Waals surface area contributed by atoms with Crippen LogP contribution in [0.1, 0.15) is 25.3 Å². The van der Waals surface area contributed by atoms with Gasteiger partial charge in [0.05, 0.1) is 19.7 Å². The molecule has 2 N–H and O–H groups in total. The van der Waals surface area contributed by atoms with E-state index in [4.69, 9.17) is 11.6 Å². The van der Waals surface area contributed by atoms with Gasteiger partial charge in [0.2, 0.25) is 5.91 Å². The molecule has 1 aliphatic carbocycles. The van der Waals surface area contributed by atoms with Crippen molar-refractivity contribution >= 4 is 47.4 Å². The molecule has 3 rings (SSSR count). The molecule has 6 nitrogen and oxygen atoms in total. The number of nitrogens with one attached hydrogen (secondary N) is 1. The molecule has 27 heavy (non-hydrogen) atoms. The molecule has 1 heterocycles. The van der Waals surface area contributed by atoms with Crippen LogP contribution in [0.15, 0.2) is 29.3 Å². The summed E-state index contributed by atoms with van der Waals surface area (Å²) in [6.45, 7) is 5.91. The Labute approximate surface area is 183 Å². The minimum Gasteiger partial charge on any atom is -0.396 e. The molecule has 150 valence electrons. The molecule has 2 aliphatic rings. The van der Waals surface area contributed by atoms with E-state index in [2.05, 4.69) is 10.3 Å². The van der Waals surface area contributed by atoms with Gasteiger partial charge in [-0.15, -0.1) is 24.0 Å². The second-order valence-electron chi connectivity index (χ2n) is 7.19. The van der Waals surface area contributed by atoms with E-state index in [0.717, 1.165) is 37.5 Å². The van der Waals surface area contributed by atoms with Gasteiger partial charge in [-0.25, -0.2) is 0 Å². The van der Waals surface area contributed by atoms with E-state index in [1.54, 1.807) is 0 Å². The molecule has 0 atom stereocenters. The molecule has 0 bridgehead atoms. The first-order valence-corrected chi connectivity index (χ1v) is 9.59.